The minimum atomic E-state index is -3.22. The van der Waals surface area contributed by atoms with E-state index in [1.165, 1.54) is 13.2 Å². The molecule has 16 heavy (non-hydrogen) atoms. The van der Waals surface area contributed by atoms with Crippen molar-refractivity contribution in [3.63, 3.8) is 0 Å². The first-order valence-corrected chi connectivity index (χ1v) is 6.73. The molecule has 1 aromatic carbocycles. The third-order valence-corrected chi connectivity index (χ3v) is 3.41. The van der Waals surface area contributed by atoms with E-state index >= 15 is 0 Å². The van der Waals surface area contributed by atoms with E-state index in [-0.39, 0.29) is 4.90 Å². The van der Waals surface area contributed by atoms with Crippen LogP contribution in [-0.4, -0.2) is 21.8 Å². The molecule has 0 saturated carbocycles. The fourth-order valence-corrected chi connectivity index (χ4v) is 2.07. The zero-order valence-corrected chi connectivity index (χ0v) is 10.8. The van der Waals surface area contributed by atoms with Gasteiger partial charge in [0, 0.05) is 17.4 Å². The molecule has 0 bridgehead atoms. The van der Waals surface area contributed by atoms with E-state index in [0.29, 0.717) is 5.75 Å². The van der Waals surface area contributed by atoms with Crippen LogP contribution in [0.5, 0.6) is 5.75 Å². The van der Waals surface area contributed by atoms with Crippen LogP contribution >= 0.6 is 0 Å². The van der Waals surface area contributed by atoms with Crippen molar-refractivity contribution in [3.05, 3.63) is 23.8 Å². The Morgan fingerprint density at radius 3 is 2.25 bits per heavy atom. The molecule has 0 amide bonds. The van der Waals surface area contributed by atoms with Crippen LogP contribution in [0.25, 0.3) is 0 Å². The Hall–Kier alpha value is -1.07. The minimum absolute atomic E-state index is 0.234. The summed E-state index contributed by atoms with van der Waals surface area (Å²) in [6.07, 6.45) is 1.16. The van der Waals surface area contributed by atoms with Crippen LogP contribution in [0, 0.1) is 0 Å². The number of benzene rings is 1. The standard InChI is InChI=1S/C11H17NO3S/c1-11(2,12)9-6-5-8(16(4,13)14)7-10(9)15-3/h5-7H,12H2,1-4H3. The van der Waals surface area contributed by atoms with E-state index in [9.17, 15) is 8.42 Å². The molecule has 5 heteroatoms. The fraction of sp³-hybridized carbons (Fsp3) is 0.455. The van der Waals surface area contributed by atoms with Gasteiger partial charge in [-0.25, -0.2) is 8.42 Å². The predicted octanol–water partition coefficient (Wildman–Crippen LogP) is 1.29. The molecule has 2 N–H and O–H groups in total. The Bertz CT molecular complexity index is 486. The number of rotatable bonds is 3. The van der Waals surface area contributed by atoms with Gasteiger partial charge in [-0.1, -0.05) is 6.07 Å². The van der Waals surface area contributed by atoms with Gasteiger partial charge in [0.15, 0.2) is 9.84 Å². The first kappa shape index (κ1) is 13.0. The lowest BCUT2D eigenvalue weighted by atomic mass is 9.95. The lowest BCUT2D eigenvalue weighted by Gasteiger charge is -2.22. The first-order chi connectivity index (χ1) is 7.16. The highest BCUT2D eigenvalue weighted by Gasteiger charge is 2.21. The van der Waals surface area contributed by atoms with Gasteiger partial charge >= 0.3 is 0 Å². The van der Waals surface area contributed by atoms with Crippen molar-refractivity contribution < 1.29 is 13.2 Å². The van der Waals surface area contributed by atoms with Crippen LogP contribution in [0.1, 0.15) is 19.4 Å². The molecule has 0 spiro atoms. The molecular weight excluding hydrogens is 226 g/mol. The largest absolute Gasteiger partial charge is 0.496 e. The molecule has 4 nitrogen and oxygen atoms in total. The molecule has 0 fully saturated rings. The van der Waals surface area contributed by atoms with E-state index in [2.05, 4.69) is 0 Å². The Balaban J connectivity index is 3.40. The van der Waals surface area contributed by atoms with Crippen LogP contribution in [0.2, 0.25) is 0 Å². The summed E-state index contributed by atoms with van der Waals surface area (Å²) in [5, 5.41) is 0. The zero-order chi connectivity index (χ0) is 12.6. The van der Waals surface area contributed by atoms with Gasteiger partial charge in [0.1, 0.15) is 5.75 Å². The maximum Gasteiger partial charge on any atom is 0.175 e. The molecule has 0 aliphatic heterocycles. The van der Waals surface area contributed by atoms with Crippen LogP contribution in [0.3, 0.4) is 0 Å². The monoisotopic (exact) mass is 243 g/mol. The third kappa shape index (κ3) is 2.74. The van der Waals surface area contributed by atoms with Gasteiger partial charge in [0.05, 0.1) is 12.0 Å². The van der Waals surface area contributed by atoms with Gasteiger partial charge in [-0.15, -0.1) is 0 Å². The summed E-state index contributed by atoms with van der Waals surface area (Å²) in [6.45, 7) is 3.68. The first-order valence-electron chi connectivity index (χ1n) is 4.83. The Labute approximate surface area is 96.3 Å². The van der Waals surface area contributed by atoms with Crippen molar-refractivity contribution in [2.45, 2.75) is 24.3 Å². The lowest BCUT2D eigenvalue weighted by Crippen LogP contribution is -2.29. The normalized spacial score (nSPS) is 12.6. The summed E-state index contributed by atoms with van der Waals surface area (Å²) in [5.41, 5.74) is 6.17. The summed E-state index contributed by atoms with van der Waals surface area (Å²) >= 11 is 0. The Morgan fingerprint density at radius 2 is 1.88 bits per heavy atom. The summed E-state index contributed by atoms with van der Waals surface area (Å²) in [4.78, 5) is 0.234. The zero-order valence-electron chi connectivity index (χ0n) is 9.94. The van der Waals surface area contributed by atoms with Crippen molar-refractivity contribution in [2.24, 2.45) is 5.73 Å². The highest BCUT2D eigenvalue weighted by molar-refractivity contribution is 7.90. The molecule has 90 valence electrons. The van der Waals surface area contributed by atoms with Crippen LogP contribution in [-0.2, 0) is 15.4 Å². The molecule has 0 saturated heterocycles. The smallest absolute Gasteiger partial charge is 0.175 e. The molecule has 0 aromatic heterocycles. The average molecular weight is 243 g/mol. The minimum Gasteiger partial charge on any atom is -0.496 e. The Kier molecular flexibility index (Phi) is 3.30. The Morgan fingerprint density at radius 1 is 1.31 bits per heavy atom. The number of methoxy groups -OCH3 is 1. The van der Waals surface area contributed by atoms with Gasteiger partial charge in [0.2, 0.25) is 0 Å². The van der Waals surface area contributed by atoms with Crippen molar-refractivity contribution in [1.29, 1.82) is 0 Å². The molecule has 0 unspecified atom stereocenters. The number of hydrogen-bond acceptors (Lipinski definition) is 4. The molecule has 1 aromatic rings. The SMILES string of the molecule is COc1cc(S(C)(=O)=O)ccc1C(C)(C)N. The van der Waals surface area contributed by atoms with E-state index in [1.807, 2.05) is 13.8 Å². The highest BCUT2D eigenvalue weighted by atomic mass is 32.2. The highest BCUT2D eigenvalue weighted by Crippen LogP contribution is 2.29. The second-order valence-corrected chi connectivity index (χ2v) is 6.37. The molecule has 0 heterocycles. The van der Waals surface area contributed by atoms with Crippen molar-refractivity contribution in [3.8, 4) is 5.75 Å². The van der Waals surface area contributed by atoms with Crippen LogP contribution < -0.4 is 10.5 Å². The van der Waals surface area contributed by atoms with E-state index in [4.69, 9.17) is 10.5 Å². The van der Waals surface area contributed by atoms with Gasteiger partial charge in [-0.3, -0.25) is 0 Å². The number of ether oxygens (including phenoxy) is 1. The number of sulfone groups is 1. The van der Waals surface area contributed by atoms with Crippen LogP contribution in [0.4, 0.5) is 0 Å². The molecule has 1 rings (SSSR count). The quantitative estimate of drug-likeness (QED) is 0.868. The maximum absolute atomic E-state index is 11.4. The van der Waals surface area contributed by atoms with Gasteiger partial charge in [-0.05, 0) is 26.0 Å². The predicted molar refractivity (Wildman–Crippen MR) is 63.3 cm³/mol. The molecule has 0 aliphatic rings. The maximum atomic E-state index is 11.4. The summed E-state index contributed by atoms with van der Waals surface area (Å²) in [7, 11) is -1.72. The molecular formula is C11H17NO3S. The van der Waals surface area contributed by atoms with Crippen molar-refractivity contribution >= 4 is 9.84 Å². The van der Waals surface area contributed by atoms with E-state index in [1.54, 1.807) is 12.1 Å². The summed E-state index contributed by atoms with van der Waals surface area (Å²) in [5.74, 6) is 0.496. The van der Waals surface area contributed by atoms with Gasteiger partial charge < -0.3 is 10.5 Å². The summed E-state index contributed by atoms with van der Waals surface area (Å²) in [6, 6.07) is 4.73. The van der Waals surface area contributed by atoms with E-state index in [0.717, 1.165) is 11.8 Å². The molecule has 0 radical (unpaired) electrons. The van der Waals surface area contributed by atoms with Crippen molar-refractivity contribution in [1.82, 2.24) is 0 Å². The van der Waals surface area contributed by atoms with Gasteiger partial charge in [-0.2, -0.15) is 0 Å². The summed E-state index contributed by atoms with van der Waals surface area (Å²) < 4.78 is 27.9. The average Bonchev–Trinajstić information content (AvgIpc) is 2.14. The topological polar surface area (TPSA) is 69.4 Å². The molecule has 0 aliphatic carbocycles. The fourth-order valence-electron chi connectivity index (χ4n) is 1.43. The van der Waals surface area contributed by atoms with Crippen molar-refractivity contribution in [2.75, 3.05) is 13.4 Å². The van der Waals surface area contributed by atoms with Crippen LogP contribution in [0.15, 0.2) is 23.1 Å². The number of nitrogens with two attached hydrogens (primary N) is 1. The third-order valence-electron chi connectivity index (χ3n) is 2.30. The van der Waals surface area contributed by atoms with E-state index < -0.39 is 15.4 Å². The molecule has 0 atom stereocenters. The second-order valence-electron chi connectivity index (χ2n) is 4.36. The number of hydrogen-bond donors (Lipinski definition) is 1. The second kappa shape index (κ2) is 4.07. The lowest BCUT2D eigenvalue weighted by molar-refractivity contribution is 0.393. The van der Waals surface area contributed by atoms with Gasteiger partial charge in [0.25, 0.3) is 0 Å².